The number of hydrogen-bond donors (Lipinski definition) is 2. The summed E-state index contributed by atoms with van der Waals surface area (Å²) < 4.78 is 5.64. The van der Waals surface area contributed by atoms with Crippen molar-refractivity contribution in [3.8, 4) is 5.75 Å². The molecule has 0 aromatic heterocycles. The van der Waals surface area contributed by atoms with Crippen molar-refractivity contribution in [2.45, 2.75) is 19.8 Å². The lowest BCUT2D eigenvalue weighted by atomic mass is 10.2. The standard InChI is InChI=1S/C15H21N3O2S/c1-3-5-11-20-13-9-7-6-8-12(13)14(19)17-18(10-4-2)15(16)21/h4,6-9H,2-3,5,10-11H2,1H3,(H2,16,21)(H,17,19). The molecule has 3 N–H and O–H groups in total. The highest BCUT2D eigenvalue weighted by atomic mass is 32.1. The van der Waals surface area contributed by atoms with Gasteiger partial charge in [0.1, 0.15) is 5.75 Å². The summed E-state index contributed by atoms with van der Waals surface area (Å²) in [6.07, 6.45) is 3.57. The van der Waals surface area contributed by atoms with Crippen molar-refractivity contribution >= 4 is 23.2 Å². The Hall–Kier alpha value is -2.08. The van der Waals surface area contributed by atoms with Gasteiger partial charge in [-0.05, 0) is 30.8 Å². The number of ether oxygens (including phenoxy) is 1. The maximum Gasteiger partial charge on any atom is 0.273 e. The van der Waals surface area contributed by atoms with E-state index in [1.54, 1.807) is 24.3 Å². The average Bonchev–Trinajstić information content (AvgIpc) is 2.47. The van der Waals surface area contributed by atoms with Crippen molar-refractivity contribution < 1.29 is 9.53 Å². The summed E-state index contributed by atoms with van der Waals surface area (Å²) in [6.45, 7) is 6.59. The molecule has 1 aromatic rings. The van der Waals surface area contributed by atoms with E-state index < -0.39 is 0 Å². The Bertz CT molecular complexity index is 505. The van der Waals surface area contributed by atoms with Crippen LogP contribution in [0.1, 0.15) is 30.1 Å². The Morgan fingerprint density at radius 1 is 1.52 bits per heavy atom. The van der Waals surface area contributed by atoms with Gasteiger partial charge in [-0.3, -0.25) is 15.2 Å². The third kappa shape index (κ3) is 5.43. The van der Waals surface area contributed by atoms with E-state index >= 15 is 0 Å². The topological polar surface area (TPSA) is 67.6 Å². The van der Waals surface area contributed by atoms with E-state index in [4.69, 9.17) is 22.7 Å². The first-order valence-corrected chi connectivity index (χ1v) is 7.21. The molecule has 114 valence electrons. The second kappa shape index (κ2) is 8.97. The number of carbonyl (C=O) groups is 1. The number of unbranched alkanes of at least 4 members (excludes halogenated alkanes) is 1. The lowest BCUT2D eigenvalue weighted by Gasteiger charge is -2.22. The monoisotopic (exact) mass is 307 g/mol. The largest absolute Gasteiger partial charge is 0.493 e. The molecule has 0 heterocycles. The zero-order valence-corrected chi connectivity index (χ0v) is 13.0. The van der Waals surface area contributed by atoms with Crippen LogP contribution in [0.5, 0.6) is 5.75 Å². The highest BCUT2D eigenvalue weighted by Crippen LogP contribution is 2.18. The summed E-state index contributed by atoms with van der Waals surface area (Å²) in [5.41, 5.74) is 8.63. The fourth-order valence-corrected chi connectivity index (χ4v) is 1.73. The minimum atomic E-state index is -0.322. The van der Waals surface area contributed by atoms with E-state index in [1.807, 2.05) is 6.07 Å². The minimum absolute atomic E-state index is 0.0765. The highest BCUT2D eigenvalue weighted by Gasteiger charge is 2.15. The number of hydrogen-bond acceptors (Lipinski definition) is 3. The first kappa shape index (κ1) is 17.0. The van der Waals surface area contributed by atoms with Crippen LogP contribution in [0.3, 0.4) is 0 Å². The van der Waals surface area contributed by atoms with E-state index in [1.165, 1.54) is 5.01 Å². The van der Waals surface area contributed by atoms with Gasteiger partial charge >= 0.3 is 0 Å². The predicted octanol–water partition coefficient (Wildman–Crippen LogP) is 2.24. The summed E-state index contributed by atoms with van der Waals surface area (Å²) in [5.74, 6) is 0.224. The van der Waals surface area contributed by atoms with Crippen molar-refractivity contribution in [3.05, 3.63) is 42.5 Å². The summed E-state index contributed by atoms with van der Waals surface area (Å²) in [7, 11) is 0. The molecule has 0 saturated heterocycles. The smallest absolute Gasteiger partial charge is 0.273 e. The zero-order valence-electron chi connectivity index (χ0n) is 12.2. The molecule has 0 bridgehead atoms. The number of amides is 1. The third-order valence-electron chi connectivity index (χ3n) is 2.70. The maximum absolute atomic E-state index is 12.3. The maximum atomic E-state index is 12.3. The van der Waals surface area contributed by atoms with E-state index in [-0.39, 0.29) is 11.0 Å². The summed E-state index contributed by atoms with van der Waals surface area (Å²) in [6, 6.07) is 7.07. The number of hydrazine groups is 1. The summed E-state index contributed by atoms with van der Waals surface area (Å²) >= 11 is 4.88. The van der Waals surface area contributed by atoms with Crippen LogP contribution < -0.4 is 15.9 Å². The van der Waals surface area contributed by atoms with Crippen LogP contribution in [-0.4, -0.2) is 29.2 Å². The molecule has 1 amide bonds. The van der Waals surface area contributed by atoms with Gasteiger partial charge in [-0.15, -0.1) is 6.58 Å². The molecule has 0 radical (unpaired) electrons. The molecular formula is C15H21N3O2S. The Labute approximate surface area is 130 Å². The predicted molar refractivity (Wildman–Crippen MR) is 88.0 cm³/mol. The number of thiocarbonyl (C=S) groups is 1. The SMILES string of the molecule is C=CCN(NC(=O)c1ccccc1OCCCC)C(N)=S. The number of nitrogens with zero attached hydrogens (tertiary/aromatic N) is 1. The Kier molecular flexibility index (Phi) is 7.25. The Balaban J connectivity index is 2.81. The molecular weight excluding hydrogens is 286 g/mol. The lowest BCUT2D eigenvalue weighted by Crippen LogP contribution is -2.48. The van der Waals surface area contributed by atoms with Gasteiger partial charge in [-0.1, -0.05) is 31.6 Å². The fourth-order valence-electron chi connectivity index (χ4n) is 1.61. The molecule has 0 fully saturated rings. The highest BCUT2D eigenvalue weighted by molar-refractivity contribution is 7.80. The molecule has 1 aromatic carbocycles. The van der Waals surface area contributed by atoms with Crippen LogP contribution >= 0.6 is 12.2 Å². The van der Waals surface area contributed by atoms with Gasteiger partial charge in [0.15, 0.2) is 5.11 Å². The van der Waals surface area contributed by atoms with Crippen molar-refractivity contribution in [1.82, 2.24) is 10.4 Å². The zero-order chi connectivity index (χ0) is 15.7. The van der Waals surface area contributed by atoms with Gasteiger partial charge in [-0.25, -0.2) is 0 Å². The van der Waals surface area contributed by atoms with E-state index in [0.717, 1.165) is 12.8 Å². The van der Waals surface area contributed by atoms with E-state index in [0.29, 0.717) is 24.5 Å². The summed E-state index contributed by atoms with van der Waals surface area (Å²) in [5, 5.41) is 1.43. The van der Waals surface area contributed by atoms with Gasteiger partial charge in [-0.2, -0.15) is 0 Å². The number of benzene rings is 1. The van der Waals surface area contributed by atoms with Crippen LogP contribution in [0.25, 0.3) is 0 Å². The quantitative estimate of drug-likeness (QED) is 0.350. The van der Waals surface area contributed by atoms with Gasteiger partial charge in [0.05, 0.1) is 18.7 Å². The van der Waals surface area contributed by atoms with Gasteiger partial charge in [0, 0.05) is 0 Å². The first-order valence-electron chi connectivity index (χ1n) is 6.80. The van der Waals surface area contributed by atoms with Crippen molar-refractivity contribution in [3.63, 3.8) is 0 Å². The molecule has 0 saturated carbocycles. The van der Waals surface area contributed by atoms with Crippen LogP contribution in [0.15, 0.2) is 36.9 Å². The van der Waals surface area contributed by atoms with Gasteiger partial charge in [0.25, 0.3) is 5.91 Å². The number of nitrogens with one attached hydrogen (secondary N) is 1. The number of carbonyl (C=O) groups excluding carboxylic acids is 1. The van der Waals surface area contributed by atoms with Crippen LogP contribution in [0.4, 0.5) is 0 Å². The van der Waals surface area contributed by atoms with Crippen molar-refractivity contribution in [1.29, 1.82) is 0 Å². The van der Waals surface area contributed by atoms with Crippen LogP contribution in [-0.2, 0) is 0 Å². The average molecular weight is 307 g/mol. The normalized spacial score (nSPS) is 9.76. The van der Waals surface area contributed by atoms with Gasteiger partial charge < -0.3 is 10.5 Å². The fraction of sp³-hybridized carbons (Fsp3) is 0.333. The Morgan fingerprint density at radius 2 is 2.24 bits per heavy atom. The number of nitrogens with two attached hydrogens (primary N) is 1. The molecule has 5 nitrogen and oxygen atoms in total. The second-order valence-electron chi connectivity index (χ2n) is 4.38. The molecule has 0 atom stereocenters. The second-order valence-corrected chi connectivity index (χ2v) is 4.79. The molecule has 0 spiro atoms. The van der Waals surface area contributed by atoms with Crippen LogP contribution in [0.2, 0.25) is 0 Å². The number of para-hydroxylation sites is 1. The van der Waals surface area contributed by atoms with E-state index in [2.05, 4.69) is 18.9 Å². The van der Waals surface area contributed by atoms with Crippen molar-refractivity contribution in [2.75, 3.05) is 13.2 Å². The molecule has 0 aliphatic rings. The first-order chi connectivity index (χ1) is 10.1. The molecule has 21 heavy (non-hydrogen) atoms. The molecule has 0 unspecified atom stereocenters. The van der Waals surface area contributed by atoms with Gasteiger partial charge in [0.2, 0.25) is 0 Å². The lowest BCUT2D eigenvalue weighted by molar-refractivity contribution is 0.0874. The molecule has 0 aliphatic heterocycles. The third-order valence-corrected chi connectivity index (χ3v) is 2.92. The Morgan fingerprint density at radius 3 is 2.86 bits per heavy atom. The van der Waals surface area contributed by atoms with E-state index in [9.17, 15) is 4.79 Å². The molecule has 6 heteroatoms. The van der Waals surface area contributed by atoms with Crippen molar-refractivity contribution in [2.24, 2.45) is 5.73 Å². The minimum Gasteiger partial charge on any atom is -0.493 e. The molecule has 0 aliphatic carbocycles. The molecule has 1 rings (SSSR count). The number of rotatable bonds is 7. The van der Waals surface area contributed by atoms with Crippen LogP contribution in [0, 0.1) is 0 Å². The summed E-state index contributed by atoms with van der Waals surface area (Å²) in [4.78, 5) is 12.3.